The molecule has 1 aliphatic heterocycles. The smallest absolute Gasteiger partial charge is 0.260 e. The lowest BCUT2D eigenvalue weighted by atomic mass is 10.1. The van der Waals surface area contributed by atoms with E-state index in [0.717, 1.165) is 17.6 Å². The molecule has 5 heterocycles. The van der Waals surface area contributed by atoms with Crippen molar-refractivity contribution in [2.45, 2.75) is 45.6 Å². The molecular weight excluding hydrogens is 466 g/mol. The first-order valence-corrected chi connectivity index (χ1v) is 11.3. The Hall–Kier alpha value is -3.48. The molecule has 4 aromatic heterocycles. The molecule has 0 atom stereocenters. The molecule has 4 aromatic rings. The number of hydrogen-bond acceptors (Lipinski definition) is 7. The van der Waals surface area contributed by atoms with Gasteiger partial charge >= 0.3 is 0 Å². The van der Waals surface area contributed by atoms with E-state index >= 15 is 0 Å². The summed E-state index contributed by atoms with van der Waals surface area (Å²) in [5, 5.41) is 9.98. The number of rotatable bonds is 5. The van der Waals surface area contributed by atoms with E-state index in [4.69, 9.17) is 5.73 Å². The molecule has 0 aliphatic carbocycles. The zero-order valence-corrected chi connectivity index (χ0v) is 19.4. The van der Waals surface area contributed by atoms with Gasteiger partial charge in [0.2, 0.25) is 5.95 Å². The van der Waals surface area contributed by atoms with E-state index in [1.807, 2.05) is 19.1 Å². The van der Waals surface area contributed by atoms with E-state index in [9.17, 15) is 17.6 Å². The maximum absolute atomic E-state index is 12.9. The zero-order valence-electron chi connectivity index (χ0n) is 19.4. The molecule has 0 unspecified atom stereocenters. The number of nitrogens with one attached hydrogen (secondary N) is 2. The monoisotopic (exact) mass is 493 g/mol. The molecular formula is C22H27F4N9. The number of nitrogens with two attached hydrogens (primary N) is 1. The number of anilines is 2. The molecule has 4 N–H and O–H groups in total. The van der Waals surface area contributed by atoms with Gasteiger partial charge in [0.25, 0.3) is 12.3 Å². The van der Waals surface area contributed by atoms with E-state index in [-0.39, 0.29) is 18.9 Å². The second-order valence-corrected chi connectivity index (χ2v) is 8.21. The van der Waals surface area contributed by atoms with Gasteiger partial charge in [-0.3, -0.25) is 0 Å². The predicted octanol–water partition coefficient (Wildman–Crippen LogP) is 3.73. The van der Waals surface area contributed by atoms with Crippen LogP contribution in [-0.2, 0) is 6.54 Å². The van der Waals surface area contributed by atoms with Crippen LogP contribution in [0.15, 0.2) is 24.4 Å². The Labute approximate surface area is 198 Å². The highest BCUT2D eigenvalue weighted by Crippen LogP contribution is 2.30. The number of nitrogen functional groups attached to an aromatic ring is 1. The maximum Gasteiger partial charge on any atom is 0.260 e. The molecule has 1 saturated heterocycles. The first kappa shape index (κ1) is 24.6. The lowest BCUT2D eigenvalue weighted by Gasteiger charge is -2.21. The molecule has 0 saturated carbocycles. The van der Waals surface area contributed by atoms with Crippen LogP contribution in [0.4, 0.5) is 29.3 Å². The fraction of sp³-hybridized carbons (Fsp3) is 0.455. The van der Waals surface area contributed by atoms with Crippen molar-refractivity contribution in [1.29, 1.82) is 0 Å². The Morgan fingerprint density at radius 3 is 2.63 bits per heavy atom. The van der Waals surface area contributed by atoms with Gasteiger partial charge in [-0.25, -0.2) is 32.0 Å². The maximum atomic E-state index is 12.9. The molecule has 1 fully saturated rings. The molecule has 0 spiro atoms. The summed E-state index contributed by atoms with van der Waals surface area (Å²) in [7, 11) is 0. The molecule has 0 amide bonds. The van der Waals surface area contributed by atoms with Crippen LogP contribution < -0.4 is 16.4 Å². The summed E-state index contributed by atoms with van der Waals surface area (Å²) < 4.78 is 53.2. The summed E-state index contributed by atoms with van der Waals surface area (Å²) in [6.45, 7) is 4.47. The van der Waals surface area contributed by atoms with Crippen LogP contribution in [0.2, 0.25) is 0 Å². The normalized spacial score (nSPS) is 15.4. The van der Waals surface area contributed by atoms with E-state index in [2.05, 4.69) is 30.7 Å². The summed E-state index contributed by atoms with van der Waals surface area (Å²) in [5.74, 6) is -1.20. The average molecular weight is 494 g/mol. The van der Waals surface area contributed by atoms with Crippen LogP contribution in [-0.4, -0.2) is 61.1 Å². The van der Waals surface area contributed by atoms with Crippen LogP contribution >= 0.6 is 0 Å². The summed E-state index contributed by atoms with van der Waals surface area (Å²) in [6, 6.07) is 5.43. The largest absolute Gasteiger partial charge is 0.368 e. The lowest BCUT2D eigenvalue weighted by Crippen LogP contribution is -2.38. The molecule has 1 aliphatic rings. The standard InChI is InChI=1S/C17H18F2N8.C5H9F2N/c1-3-21-15-14-10(6-7-27(14)25-17(20)24-15)11-4-5-12-16(23-11)26(8-13(18)19)9(2)22-12;6-5(7)2-1-3-8-4-5/h4-7,13H,3,8H2,1-2H3,(H3,20,21,24,25);8H,1-4H2. The number of hydrogen-bond donors (Lipinski definition) is 3. The topological polar surface area (TPSA) is 111 Å². The Kier molecular flexibility index (Phi) is 7.05. The fourth-order valence-corrected chi connectivity index (χ4v) is 3.99. The summed E-state index contributed by atoms with van der Waals surface area (Å²) in [4.78, 5) is 13.2. The highest BCUT2D eigenvalue weighted by Gasteiger charge is 2.30. The van der Waals surface area contributed by atoms with Gasteiger partial charge < -0.3 is 20.9 Å². The molecule has 188 valence electrons. The fourth-order valence-electron chi connectivity index (χ4n) is 3.99. The quantitative estimate of drug-likeness (QED) is 0.363. The number of alkyl halides is 4. The summed E-state index contributed by atoms with van der Waals surface area (Å²) >= 11 is 0. The Morgan fingerprint density at radius 1 is 1.20 bits per heavy atom. The average Bonchev–Trinajstić information content (AvgIpc) is 3.34. The highest BCUT2D eigenvalue weighted by atomic mass is 19.3. The predicted molar refractivity (Wildman–Crippen MR) is 126 cm³/mol. The molecule has 35 heavy (non-hydrogen) atoms. The Morgan fingerprint density at radius 2 is 2.00 bits per heavy atom. The van der Waals surface area contributed by atoms with Gasteiger partial charge in [0.05, 0.1) is 18.8 Å². The zero-order chi connectivity index (χ0) is 25.2. The van der Waals surface area contributed by atoms with E-state index < -0.39 is 18.9 Å². The minimum Gasteiger partial charge on any atom is -0.368 e. The van der Waals surface area contributed by atoms with Crippen molar-refractivity contribution in [2.75, 3.05) is 30.7 Å². The van der Waals surface area contributed by atoms with E-state index in [1.165, 1.54) is 4.57 Å². The van der Waals surface area contributed by atoms with Gasteiger partial charge in [-0.15, -0.1) is 5.10 Å². The van der Waals surface area contributed by atoms with Gasteiger partial charge in [-0.2, -0.15) is 4.98 Å². The molecule has 5 rings (SSSR count). The lowest BCUT2D eigenvalue weighted by molar-refractivity contribution is -0.0208. The molecule has 13 heteroatoms. The second-order valence-electron chi connectivity index (χ2n) is 8.21. The first-order chi connectivity index (χ1) is 16.7. The van der Waals surface area contributed by atoms with Crippen molar-refractivity contribution in [3.05, 3.63) is 30.2 Å². The SMILES string of the molecule is CCNc1nc(N)nn2ccc(-c3ccc4nc(C)n(CC(F)F)c4n3)c12.FC1(F)CCCNC1. The van der Waals surface area contributed by atoms with Gasteiger partial charge in [0.1, 0.15) is 16.9 Å². The van der Waals surface area contributed by atoms with Crippen LogP contribution in [0, 0.1) is 6.92 Å². The van der Waals surface area contributed by atoms with Crippen molar-refractivity contribution < 1.29 is 17.6 Å². The minimum atomic E-state index is -2.49. The Bertz CT molecular complexity index is 1310. The van der Waals surface area contributed by atoms with Gasteiger partial charge in [-0.1, -0.05) is 0 Å². The molecule has 0 radical (unpaired) electrons. The highest BCUT2D eigenvalue weighted by molar-refractivity contribution is 5.89. The Balaban J connectivity index is 0.000000308. The molecule has 9 nitrogen and oxygen atoms in total. The summed E-state index contributed by atoms with van der Waals surface area (Å²) in [6.07, 6.45) is -0.0666. The third-order valence-electron chi connectivity index (χ3n) is 5.53. The van der Waals surface area contributed by atoms with Crippen LogP contribution in [0.1, 0.15) is 25.6 Å². The number of aryl methyl sites for hydroxylation is 1. The number of imidazole rings is 1. The van der Waals surface area contributed by atoms with Gasteiger partial charge in [0, 0.05) is 24.7 Å². The van der Waals surface area contributed by atoms with E-state index in [0.29, 0.717) is 41.5 Å². The van der Waals surface area contributed by atoms with Crippen molar-refractivity contribution >= 4 is 28.4 Å². The summed E-state index contributed by atoms with van der Waals surface area (Å²) in [5.41, 5.74) is 8.87. The van der Waals surface area contributed by atoms with Gasteiger partial charge in [0.15, 0.2) is 11.5 Å². The second kappa shape index (κ2) is 10.0. The van der Waals surface area contributed by atoms with Crippen LogP contribution in [0.25, 0.3) is 27.9 Å². The first-order valence-electron chi connectivity index (χ1n) is 11.3. The van der Waals surface area contributed by atoms with Crippen LogP contribution in [0.5, 0.6) is 0 Å². The van der Waals surface area contributed by atoms with Crippen molar-refractivity contribution in [3.8, 4) is 11.3 Å². The van der Waals surface area contributed by atoms with Crippen molar-refractivity contribution in [2.24, 2.45) is 0 Å². The van der Waals surface area contributed by atoms with E-state index in [1.54, 1.807) is 23.7 Å². The number of halogens is 4. The molecule has 0 aromatic carbocycles. The molecule has 0 bridgehead atoms. The third kappa shape index (κ3) is 5.45. The minimum absolute atomic E-state index is 0.0556. The van der Waals surface area contributed by atoms with Crippen molar-refractivity contribution in [1.82, 2.24) is 34.4 Å². The third-order valence-corrected chi connectivity index (χ3v) is 5.53. The van der Waals surface area contributed by atoms with Gasteiger partial charge in [-0.05, 0) is 45.0 Å². The van der Waals surface area contributed by atoms with Crippen LogP contribution in [0.3, 0.4) is 0 Å². The number of nitrogens with zero attached hydrogens (tertiary/aromatic N) is 6. The number of piperidine rings is 1. The van der Waals surface area contributed by atoms with Crippen molar-refractivity contribution in [3.63, 3.8) is 0 Å². The number of fused-ring (bicyclic) bond motifs is 2. The number of pyridine rings is 1. The number of aromatic nitrogens is 6.